The summed E-state index contributed by atoms with van der Waals surface area (Å²) in [7, 11) is -3.19. The predicted octanol–water partition coefficient (Wildman–Crippen LogP) is 2.36. The highest BCUT2D eigenvalue weighted by Crippen LogP contribution is 2.23. The zero-order valence-corrected chi connectivity index (χ0v) is 11.9. The second-order valence-corrected chi connectivity index (χ2v) is 7.20. The summed E-state index contributed by atoms with van der Waals surface area (Å²) in [5.41, 5.74) is 6.08. The highest BCUT2D eigenvalue weighted by Gasteiger charge is 2.16. The first kappa shape index (κ1) is 14.0. The standard InChI is InChI=1S/C10H13BrClNO2S/c1-7(13)5-16(14,15)6-8-2-3-9(11)4-10(8)12/h2-4,7H,5-6,13H2,1H3. The van der Waals surface area contributed by atoms with Crippen LogP contribution in [0.15, 0.2) is 22.7 Å². The highest BCUT2D eigenvalue weighted by atomic mass is 79.9. The summed E-state index contributed by atoms with van der Waals surface area (Å²) < 4.78 is 24.2. The molecule has 0 bridgehead atoms. The Labute approximate surface area is 109 Å². The van der Waals surface area contributed by atoms with E-state index in [0.717, 1.165) is 4.47 Å². The van der Waals surface area contributed by atoms with E-state index in [2.05, 4.69) is 15.9 Å². The Morgan fingerprint density at radius 2 is 2.12 bits per heavy atom. The molecule has 0 aromatic heterocycles. The van der Waals surface area contributed by atoms with Crippen LogP contribution < -0.4 is 5.73 Å². The average molecular weight is 327 g/mol. The van der Waals surface area contributed by atoms with Crippen molar-refractivity contribution in [1.82, 2.24) is 0 Å². The second-order valence-electron chi connectivity index (χ2n) is 3.77. The molecule has 0 saturated carbocycles. The molecule has 1 aromatic carbocycles. The van der Waals surface area contributed by atoms with Gasteiger partial charge in [-0.15, -0.1) is 0 Å². The van der Waals surface area contributed by atoms with E-state index in [1.165, 1.54) is 0 Å². The van der Waals surface area contributed by atoms with E-state index in [1.54, 1.807) is 25.1 Å². The molecule has 1 unspecified atom stereocenters. The number of rotatable bonds is 4. The molecule has 0 spiro atoms. The maximum absolute atomic E-state index is 11.7. The van der Waals surface area contributed by atoms with Gasteiger partial charge in [0.15, 0.2) is 9.84 Å². The van der Waals surface area contributed by atoms with Crippen LogP contribution in [0.5, 0.6) is 0 Å². The molecule has 3 nitrogen and oxygen atoms in total. The molecule has 0 fully saturated rings. The van der Waals surface area contributed by atoms with Crippen LogP contribution in [-0.2, 0) is 15.6 Å². The third-order valence-electron chi connectivity index (χ3n) is 1.91. The highest BCUT2D eigenvalue weighted by molar-refractivity contribution is 9.10. The summed E-state index contributed by atoms with van der Waals surface area (Å²) >= 11 is 9.21. The molecule has 0 aliphatic heterocycles. The molecule has 0 aliphatic carbocycles. The molecular formula is C10H13BrClNO2S. The predicted molar refractivity (Wildman–Crippen MR) is 70.3 cm³/mol. The third kappa shape index (κ3) is 4.41. The topological polar surface area (TPSA) is 60.2 Å². The van der Waals surface area contributed by atoms with Crippen LogP contribution in [0.1, 0.15) is 12.5 Å². The Bertz CT molecular complexity index is 474. The van der Waals surface area contributed by atoms with E-state index in [9.17, 15) is 8.42 Å². The van der Waals surface area contributed by atoms with Gasteiger partial charge < -0.3 is 5.73 Å². The largest absolute Gasteiger partial charge is 0.327 e. The van der Waals surface area contributed by atoms with Gasteiger partial charge in [0.2, 0.25) is 0 Å². The van der Waals surface area contributed by atoms with Crippen molar-refractivity contribution in [3.63, 3.8) is 0 Å². The Hall–Kier alpha value is -0.100. The van der Waals surface area contributed by atoms with Crippen molar-refractivity contribution in [1.29, 1.82) is 0 Å². The van der Waals surface area contributed by atoms with Crippen molar-refractivity contribution < 1.29 is 8.42 Å². The number of hydrogen-bond donors (Lipinski definition) is 1. The van der Waals surface area contributed by atoms with Crippen molar-refractivity contribution in [2.75, 3.05) is 5.75 Å². The first-order chi connectivity index (χ1) is 7.30. The molecule has 0 radical (unpaired) electrons. The molecule has 1 rings (SSSR count). The zero-order valence-electron chi connectivity index (χ0n) is 8.78. The van der Waals surface area contributed by atoms with Gasteiger partial charge >= 0.3 is 0 Å². The number of halogens is 2. The minimum Gasteiger partial charge on any atom is -0.327 e. The molecular weight excluding hydrogens is 314 g/mol. The summed E-state index contributed by atoms with van der Waals surface area (Å²) in [5.74, 6) is -0.0972. The number of sulfone groups is 1. The molecule has 16 heavy (non-hydrogen) atoms. The summed E-state index contributed by atoms with van der Waals surface area (Å²) in [5, 5.41) is 0.447. The lowest BCUT2D eigenvalue weighted by atomic mass is 10.2. The van der Waals surface area contributed by atoms with Gasteiger partial charge in [0.25, 0.3) is 0 Å². The van der Waals surface area contributed by atoms with Gasteiger partial charge in [-0.1, -0.05) is 33.6 Å². The molecule has 90 valence electrons. The second kappa shape index (κ2) is 5.49. The monoisotopic (exact) mass is 325 g/mol. The van der Waals surface area contributed by atoms with Crippen molar-refractivity contribution in [3.8, 4) is 0 Å². The normalized spacial score (nSPS) is 13.8. The van der Waals surface area contributed by atoms with Gasteiger partial charge in [0.05, 0.1) is 11.5 Å². The van der Waals surface area contributed by atoms with E-state index in [0.29, 0.717) is 10.6 Å². The van der Waals surface area contributed by atoms with Crippen molar-refractivity contribution in [2.24, 2.45) is 5.73 Å². The van der Waals surface area contributed by atoms with Crippen LogP contribution in [0.3, 0.4) is 0 Å². The summed E-state index contributed by atoms with van der Waals surface area (Å²) in [4.78, 5) is 0. The first-order valence-corrected chi connectivity index (χ1v) is 7.69. The van der Waals surface area contributed by atoms with Gasteiger partial charge in [-0.3, -0.25) is 0 Å². The minimum absolute atomic E-state index is 0.0284. The lowest BCUT2D eigenvalue weighted by molar-refractivity contribution is 0.589. The minimum atomic E-state index is -3.19. The van der Waals surface area contributed by atoms with Crippen LogP contribution in [0.4, 0.5) is 0 Å². The summed E-state index contributed by atoms with van der Waals surface area (Å²) in [6.45, 7) is 1.67. The first-order valence-electron chi connectivity index (χ1n) is 4.70. The summed E-state index contributed by atoms with van der Waals surface area (Å²) in [6, 6.07) is 4.78. The van der Waals surface area contributed by atoms with Gasteiger partial charge in [-0.25, -0.2) is 8.42 Å². The van der Waals surface area contributed by atoms with Crippen LogP contribution >= 0.6 is 27.5 Å². The maximum Gasteiger partial charge on any atom is 0.156 e. The quantitative estimate of drug-likeness (QED) is 0.924. The molecule has 0 saturated heterocycles. The smallest absolute Gasteiger partial charge is 0.156 e. The van der Waals surface area contributed by atoms with E-state index in [-0.39, 0.29) is 17.5 Å². The maximum atomic E-state index is 11.7. The van der Waals surface area contributed by atoms with E-state index in [1.807, 2.05) is 0 Å². The van der Waals surface area contributed by atoms with Crippen LogP contribution in [0.2, 0.25) is 5.02 Å². The molecule has 0 amide bonds. The van der Waals surface area contributed by atoms with Gasteiger partial charge in [0, 0.05) is 15.5 Å². The Morgan fingerprint density at radius 1 is 1.50 bits per heavy atom. The van der Waals surface area contributed by atoms with E-state index >= 15 is 0 Å². The molecule has 6 heteroatoms. The van der Waals surface area contributed by atoms with Crippen LogP contribution in [-0.4, -0.2) is 20.2 Å². The molecule has 1 aromatic rings. The van der Waals surface area contributed by atoms with E-state index in [4.69, 9.17) is 17.3 Å². The SMILES string of the molecule is CC(N)CS(=O)(=O)Cc1ccc(Br)cc1Cl. The molecule has 1 atom stereocenters. The fourth-order valence-electron chi connectivity index (χ4n) is 1.34. The van der Waals surface area contributed by atoms with Crippen LogP contribution in [0.25, 0.3) is 0 Å². The van der Waals surface area contributed by atoms with Crippen molar-refractivity contribution in [2.45, 2.75) is 18.7 Å². The third-order valence-corrected chi connectivity index (χ3v) is 4.54. The molecule has 2 N–H and O–H groups in total. The molecule has 0 aliphatic rings. The lowest BCUT2D eigenvalue weighted by Gasteiger charge is -2.08. The average Bonchev–Trinajstić information content (AvgIpc) is 2.07. The lowest BCUT2D eigenvalue weighted by Crippen LogP contribution is -2.27. The molecule has 0 heterocycles. The summed E-state index contributed by atoms with van der Waals surface area (Å²) in [6.07, 6.45) is 0. The van der Waals surface area contributed by atoms with Gasteiger partial charge in [0.1, 0.15) is 0 Å². The van der Waals surface area contributed by atoms with Gasteiger partial charge in [-0.05, 0) is 24.6 Å². The number of benzene rings is 1. The Kier molecular flexibility index (Phi) is 4.79. The number of nitrogens with two attached hydrogens (primary N) is 1. The fraction of sp³-hybridized carbons (Fsp3) is 0.400. The zero-order chi connectivity index (χ0) is 12.3. The fourth-order valence-corrected chi connectivity index (χ4v) is 3.80. The van der Waals surface area contributed by atoms with Gasteiger partial charge in [-0.2, -0.15) is 0 Å². The number of hydrogen-bond acceptors (Lipinski definition) is 3. The van der Waals surface area contributed by atoms with Crippen molar-refractivity contribution in [3.05, 3.63) is 33.3 Å². The Balaban J connectivity index is 2.88. The van der Waals surface area contributed by atoms with Crippen LogP contribution in [0, 0.1) is 0 Å². The Morgan fingerprint density at radius 3 is 2.62 bits per heavy atom. The van der Waals surface area contributed by atoms with Crippen molar-refractivity contribution >= 4 is 37.4 Å². The van der Waals surface area contributed by atoms with E-state index < -0.39 is 9.84 Å².